The summed E-state index contributed by atoms with van der Waals surface area (Å²) in [5.74, 6) is -1.20. The average Bonchev–Trinajstić information content (AvgIpc) is 2.93. The molecule has 1 saturated heterocycles. The zero-order valence-corrected chi connectivity index (χ0v) is 18.9. The lowest BCUT2D eigenvalue weighted by atomic mass is 9.92. The van der Waals surface area contributed by atoms with Gasteiger partial charge in [0.2, 0.25) is 11.8 Å². The summed E-state index contributed by atoms with van der Waals surface area (Å²) in [4.78, 5) is 50.3. The van der Waals surface area contributed by atoms with E-state index in [2.05, 4.69) is 16.0 Å². The Labute approximate surface area is 194 Å². The van der Waals surface area contributed by atoms with Crippen molar-refractivity contribution in [2.24, 2.45) is 0 Å². The first kappa shape index (κ1) is 23.4. The van der Waals surface area contributed by atoms with E-state index in [9.17, 15) is 19.2 Å². The number of urea groups is 1. The van der Waals surface area contributed by atoms with Crippen molar-refractivity contribution in [3.05, 3.63) is 52.0 Å². The van der Waals surface area contributed by atoms with Gasteiger partial charge in [-0.05, 0) is 42.8 Å². The first-order valence-electron chi connectivity index (χ1n) is 9.40. The Morgan fingerprint density at radius 2 is 1.81 bits per heavy atom. The maximum atomic E-state index is 13.0. The number of carbonyl (C=O) groups excluding carboxylic acids is 4. The summed E-state index contributed by atoms with van der Waals surface area (Å²) in [6.45, 7) is 2.34. The molecule has 168 valence electrons. The molecule has 1 aliphatic heterocycles. The van der Waals surface area contributed by atoms with E-state index in [0.717, 1.165) is 4.90 Å². The van der Waals surface area contributed by atoms with Gasteiger partial charge in [0, 0.05) is 12.6 Å². The maximum Gasteiger partial charge on any atom is 0.325 e. The van der Waals surface area contributed by atoms with Gasteiger partial charge in [-0.2, -0.15) is 0 Å². The highest BCUT2D eigenvalue weighted by Crippen LogP contribution is 2.33. The van der Waals surface area contributed by atoms with Crippen molar-refractivity contribution in [1.29, 1.82) is 0 Å². The van der Waals surface area contributed by atoms with Crippen LogP contribution in [0.25, 0.3) is 0 Å². The number of halogens is 2. The molecule has 32 heavy (non-hydrogen) atoms. The first-order valence-corrected chi connectivity index (χ1v) is 10.2. The lowest BCUT2D eigenvalue weighted by molar-refractivity contribution is -0.133. The average molecular weight is 479 g/mol. The minimum atomic E-state index is -1.41. The number of nitrogens with zero attached hydrogens (tertiary/aromatic N) is 1. The van der Waals surface area contributed by atoms with Crippen LogP contribution < -0.4 is 20.7 Å². The number of hydrogen-bond acceptors (Lipinski definition) is 5. The van der Waals surface area contributed by atoms with Gasteiger partial charge in [-0.15, -0.1) is 0 Å². The van der Waals surface area contributed by atoms with Crippen LogP contribution in [0, 0.1) is 0 Å². The smallest absolute Gasteiger partial charge is 0.325 e. The van der Waals surface area contributed by atoms with Crippen LogP contribution in [0.15, 0.2) is 36.4 Å². The Kier molecular flexibility index (Phi) is 6.61. The van der Waals surface area contributed by atoms with E-state index in [1.54, 1.807) is 18.2 Å². The number of benzene rings is 2. The highest BCUT2D eigenvalue weighted by molar-refractivity contribution is 6.42. The molecular weight excluding hydrogens is 459 g/mol. The van der Waals surface area contributed by atoms with E-state index in [0.29, 0.717) is 22.0 Å². The van der Waals surface area contributed by atoms with E-state index in [-0.39, 0.29) is 16.6 Å². The number of methoxy groups -OCH3 is 1. The number of hydrogen-bond donors (Lipinski definition) is 3. The van der Waals surface area contributed by atoms with Crippen LogP contribution in [0.1, 0.15) is 19.4 Å². The van der Waals surface area contributed by atoms with E-state index in [1.165, 1.54) is 39.2 Å². The Hall–Kier alpha value is -3.30. The summed E-state index contributed by atoms with van der Waals surface area (Å²) in [5.41, 5.74) is -0.272. The molecule has 2 aromatic rings. The molecule has 0 spiro atoms. The van der Waals surface area contributed by atoms with Gasteiger partial charge >= 0.3 is 6.03 Å². The fourth-order valence-electron chi connectivity index (χ4n) is 3.26. The maximum absolute atomic E-state index is 13.0. The van der Waals surface area contributed by atoms with Crippen molar-refractivity contribution in [2.45, 2.75) is 19.4 Å². The van der Waals surface area contributed by atoms with Gasteiger partial charge < -0.3 is 20.7 Å². The van der Waals surface area contributed by atoms with Gasteiger partial charge in [0.25, 0.3) is 5.91 Å². The topological polar surface area (TPSA) is 117 Å². The molecular formula is C21H20Cl2N4O5. The van der Waals surface area contributed by atoms with Crippen LogP contribution in [-0.2, 0) is 19.9 Å². The highest BCUT2D eigenvalue weighted by atomic mass is 35.5. The van der Waals surface area contributed by atoms with Crippen LogP contribution in [0.3, 0.4) is 0 Å². The quantitative estimate of drug-likeness (QED) is 0.550. The third-order valence-electron chi connectivity index (χ3n) is 4.87. The van der Waals surface area contributed by atoms with E-state index in [4.69, 9.17) is 27.9 Å². The Balaban J connectivity index is 1.78. The molecule has 1 heterocycles. The molecule has 1 atom stereocenters. The van der Waals surface area contributed by atoms with Gasteiger partial charge in [-0.1, -0.05) is 29.3 Å². The Bertz CT molecular complexity index is 1120. The molecule has 0 bridgehead atoms. The summed E-state index contributed by atoms with van der Waals surface area (Å²) in [7, 11) is 1.42. The Morgan fingerprint density at radius 3 is 2.44 bits per heavy atom. The number of amides is 5. The van der Waals surface area contributed by atoms with Crippen molar-refractivity contribution in [2.75, 3.05) is 24.3 Å². The van der Waals surface area contributed by atoms with Crippen LogP contribution in [-0.4, -0.2) is 42.3 Å². The molecule has 1 fully saturated rings. The zero-order chi connectivity index (χ0) is 23.6. The zero-order valence-electron chi connectivity index (χ0n) is 17.4. The number of carbonyl (C=O) groups is 4. The molecule has 9 nitrogen and oxygen atoms in total. The van der Waals surface area contributed by atoms with Crippen LogP contribution in [0.5, 0.6) is 5.75 Å². The van der Waals surface area contributed by atoms with Gasteiger partial charge in [-0.25, -0.2) is 4.79 Å². The summed E-state index contributed by atoms with van der Waals surface area (Å²) >= 11 is 12.0. The number of rotatable bonds is 6. The van der Waals surface area contributed by atoms with Crippen LogP contribution >= 0.6 is 23.2 Å². The van der Waals surface area contributed by atoms with Gasteiger partial charge in [-0.3, -0.25) is 19.3 Å². The fraction of sp³-hybridized carbons (Fsp3) is 0.238. The third-order valence-corrected chi connectivity index (χ3v) is 5.61. The number of anilines is 2. The van der Waals surface area contributed by atoms with Crippen molar-refractivity contribution in [1.82, 2.24) is 10.2 Å². The molecule has 0 saturated carbocycles. The van der Waals surface area contributed by atoms with E-state index >= 15 is 0 Å². The minimum Gasteiger partial charge on any atom is -0.495 e. The molecule has 3 N–H and O–H groups in total. The standard InChI is InChI=1S/C21H20Cl2N4O5/c1-11(28)24-13-5-7-17(32-3)16(9-13)25-18(29)10-27-19(30)21(2,26-20(27)31)12-4-6-14(22)15(23)8-12/h4-9H,10H2,1-3H3,(H,24,28)(H,25,29)(H,26,31). The molecule has 11 heteroatoms. The second-order valence-corrected chi connectivity index (χ2v) is 8.03. The largest absolute Gasteiger partial charge is 0.495 e. The molecule has 2 aromatic carbocycles. The predicted octanol–water partition coefficient (Wildman–Crippen LogP) is 3.37. The normalized spacial score (nSPS) is 17.7. The van der Waals surface area contributed by atoms with Gasteiger partial charge in [0.05, 0.1) is 22.8 Å². The number of imide groups is 1. The monoisotopic (exact) mass is 478 g/mol. The summed E-state index contributed by atoms with van der Waals surface area (Å²) in [5, 5.41) is 8.34. The molecule has 0 radical (unpaired) electrons. The number of ether oxygens (including phenoxy) is 1. The van der Waals surface area contributed by atoms with Crippen molar-refractivity contribution >= 4 is 58.3 Å². The van der Waals surface area contributed by atoms with Crippen LogP contribution in [0.4, 0.5) is 16.2 Å². The van der Waals surface area contributed by atoms with Crippen molar-refractivity contribution < 1.29 is 23.9 Å². The van der Waals surface area contributed by atoms with Crippen LogP contribution in [0.2, 0.25) is 10.0 Å². The molecule has 0 aliphatic carbocycles. The SMILES string of the molecule is COc1ccc(NC(C)=O)cc1NC(=O)CN1C(=O)NC(C)(c2ccc(Cl)c(Cl)c2)C1=O. The van der Waals surface area contributed by atoms with Crippen molar-refractivity contribution in [3.8, 4) is 5.75 Å². The summed E-state index contributed by atoms with van der Waals surface area (Å²) in [6, 6.07) is 8.54. The molecule has 3 rings (SSSR count). The second kappa shape index (κ2) is 9.05. The second-order valence-electron chi connectivity index (χ2n) is 7.22. The lowest BCUT2D eigenvalue weighted by Gasteiger charge is -2.22. The fourth-order valence-corrected chi connectivity index (χ4v) is 3.56. The Morgan fingerprint density at radius 1 is 1.09 bits per heavy atom. The molecule has 0 aromatic heterocycles. The van der Waals surface area contributed by atoms with E-state index in [1.807, 2.05) is 0 Å². The molecule has 1 unspecified atom stereocenters. The molecule has 1 aliphatic rings. The van der Waals surface area contributed by atoms with Gasteiger partial charge in [0.1, 0.15) is 17.8 Å². The van der Waals surface area contributed by atoms with Crippen molar-refractivity contribution in [3.63, 3.8) is 0 Å². The lowest BCUT2D eigenvalue weighted by Crippen LogP contribution is -2.42. The molecule has 5 amide bonds. The summed E-state index contributed by atoms with van der Waals surface area (Å²) in [6.07, 6.45) is 0. The minimum absolute atomic E-state index is 0.231. The predicted molar refractivity (Wildman–Crippen MR) is 120 cm³/mol. The number of nitrogens with one attached hydrogen (secondary N) is 3. The van der Waals surface area contributed by atoms with Gasteiger partial charge in [0.15, 0.2) is 0 Å². The summed E-state index contributed by atoms with van der Waals surface area (Å²) < 4.78 is 5.22. The third kappa shape index (κ3) is 4.63. The first-order chi connectivity index (χ1) is 15.0. The highest BCUT2D eigenvalue weighted by Gasteiger charge is 2.49. The van der Waals surface area contributed by atoms with E-state index < -0.39 is 29.9 Å².